The Labute approximate surface area is 112 Å². The lowest BCUT2D eigenvalue weighted by Crippen LogP contribution is -2.03. The molecule has 94 valence electrons. The van der Waals surface area contributed by atoms with Crippen LogP contribution in [0.4, 0.5) is 0 Å². The van der Waals surface area contributed by atoms with Gasteiger partial charge in [0.15, 0.2) is 5.78 Å². The molecule has 0 saturated carbocycles. The fourth-order valence-corrected chi connectivity index (χ4v) is 1.79. The number of nitrogens with zero attached hydrogens (tertiary/aromatic N) is 1. The van der Waals surface area contributed by atoms with Crippen molar-refractivity contribution in [1.29, 1.82) is 5.26 Å². The van der Waals surface area contributed by atoms with Crippen LogP contribution < -0.4 is 4.74 Å². The maximum Gasteiger partial charge on any atom is 0.167 e. The van der Waals surface area contributed by atoms with Gasteiger partial charge in [0.2, 0.25) is 0 Å². The summed E-state index contributed by atoms with van der Waals surface area (Å²) in [6, 6.07) is 16.2. The van der Waals surface area contributed by atoms with E-state index in [1.54, 1.807) is 31.4 Å². The van der Waals surface area contributed by atoms with Crippen molar-refractivity contribution in [2.75, 3.05) is 7.11 Å². The summed E-state index contributed by atoms with van der Waals surface area (Å²) in [6.07, 6.45) is 0.318. The van der Waals surface area contributed by atoms with E-state index in [9.17, 15) is 4.79 Å². The zero-order valence-corrected chi connectivity index (χ0v) is 10.6. The Morgan fingerprint density at radius 3 is 2.58 bits per heavy atom. The molecule has 0 bridgehead atoms. The summed E-state index contributed by atoms with van der Waals surface area (Å²) in [5.41, 5.74) is 1.99. The lowest BCUT2D eigenvalue weighted by Gasteiger charge is -2.03. The minimum atomic E-state index is 0.00210. The van der Waals surface area contributed by atoms with Crippen LogP contribution in [0.2, 0.25) is 0 Å². The van der Waals surface area contributed by atoms with Gasteiger partial charge in [-0.3, -0.25) is 4.79 Å². The van der Waals surface area contributed by atoms with Crippen LogP contribution in [0, 0.1) is 11.3 Å². The average Bonchev–Trinajstić information content (AvgIpc) is 2.48. The second-order valence-electron chi connectivity index (χ2n) is 4.14. The Kier molecular flexibility index (Phi) is 3.94. The smallest absolute Gasteiger partial charge is 0.167 e. The van der Waals surface area contributed by atoms with E-state index in [0.717, 1.165) is 11.3 Å². The molecular weight excluding hydrogens is 238 g/mol. The van der Waals surface area contributed by atoms with Crippen molar-refractivity contribution in [3.63, 3.8) is 0 Å². The highest BCUT2D eigenvalue weighted by Gasteiger charge is 2.07. The minimum absolute atomic E-state index is 0.00210. The quantitative estimate of drug-likeness (QED) is 0.785. The monoisotopic (exact) mass is 251 g/mol. The number of benzene rings is 2. The van der Waals surface area contributed by atoms with Crippen LogP contribution in [0.1, 0.15) is 21.5 Å². The molecule has 0 radical (unpaired) electrons. The first-order chi connectivity index (χ1) is 9.22. The second kappa shape index (κ2) is 5.83. The van der Waals surface area contributed by atoms with Gasteiger partial charge in [0.25, 0.3) is 0 Å². The van der Waals surface area contributed by atoms with Gasteiger partial charge in [0, 0.05) is 12.0 Å². The van der Waals surface area contributed by atoms with Crippen LogP contribution in [-0.2, 0) is 6.42 Å². The Morgan fingerprint density at radius 1 is 1.21 bits per heavy atom. The highest BCUT2D eigenvalue weighted by molar-refractivity contribution is 5.97. The summed E-state index contributed by atoms with van der Waals surface area (Å²) in [4.78, 5) is 12.1. The first-order valence-electron chi connectivity index (χ1n) is 5.89. The van der Waals surface area contributed by atoms with Crippen LogP contribution >= 0.6 is 0 Å². The lowest BCUT2D eigenvalue weighted by atomic mass is 10.0. The van der Waals surface area contributed by atoms with E-state index in [-0.39, 0.29) is 5.78 Å². The SMILES string of the molecule is COc1ccc(CC(=O)c2cccc(C#N)c2)cc1. The molecule has 0 aliphatic heterocycles. The summed E-state index contributed by atoms with van der Waals surface area (Å²) in [5.74, 6) is 0.768. The van der Waals surface area contributed by atoms with Crippen LogP contribution in [-0.4, -0.2) is 12.9 Å². The summed E-state index contributed by atoms with van der Waals surface area (Å²) in [6.45, 7) is 0. The summed E-state index contributed by atoms with van der Waals surface area (Å²) < 4.78 is 5.07. The predicted molar refractivity (Wildman–Crippen MR) is 72.2 cm³/mol. The van der Waals surface area contributed by atoms with Crippen molar-refractivity contribution in [2.45, 2.75) is 6.42 Å². The number of ketones is 1. The lowest BCUT2D eigenvalue weighted by molar-refractivity contribution is 0.0993. The number of ether oxygens (including phenoxy) is 1. The third kappa shape index (κ3) is 3.20. The number of hydrogen-bond acceptors (Lipinski definition) is 3. The molecule has 0 atom stereocenters. The molecule has 0 unspecified atom stereocenters. The van der Waals surface area contributed by atoms with Gasteiger partial charge < -0.3 is 4.74 Å². The third-order valence-corrected chi connectivity index (χ3v) is 2.84. The van der Waals surface area contributed by atoms with E-state index in [1.165, 1.54) is 0 Å². The first-order valence-corrected chi connectivity index (χ1v) is 5.89. The van der Waals surface area contributed by atoms with E-state index in [0.29, 0.717) is 17.5 Å². The van der Waals surface area contributed by atoms with Crippen molar-refractivity contribution < 1.29 is 9.53 Å². The average molecular weight is 251 g/mol. The van der Waals surface area contributed by atoms with E-state index in [1.807, 2.05) is 30.3 Å². The van der Waals surface area contributed by atoms with Gasteiger partial charge >= 0.3 is 0 Å². The predicted octanol–water partition coefficient (Wildman–Crippen LogP) is 2.99. The Balaban J connectivity index is 2.13. The molecule has 0 N–H and O–H groups in total. The van der Waals surface area contributed by atoms with E-state index < -0.39 is 0 Å². The van der Waals surface area contributed by atoms with Crippen molar-refractivity contribution >= 4 is 5.78 Å². The normalized spacial score (nSPS) is 9.68. The van der Waals surface area contributed by atoms with Gasteiger partial charge in [-0.15, -0.1) is 0 Å². The van der Waals surface area contributed by atoms with Crippen LogP contribution in [0.15, 0.2) is 48.5 Å². The van der Waals surface area contributed by atoms with Crippen molar-refractivity contribution in [2.24, 2.45) is 0 Å². The van der Waals surface area contributed by atoms with Gasteiger partial charge in [0.05, 0.1) is 18.7 Å². The fourth-order valence-electron chi connectivity index (χ4n) is 1.79. The number of Topliss-reactive ketones (excluding diaryl/α,β-unsaturated/α-hetero) is 1. The van der Waals surface area contributed by atoms with E-state index in [2.05, 4.69) is 0 Å². The second-order valence-corrected chi connectivity index (χ2v) is 4.14. The molecule has 3 nitrogen and oxygen atoms in total. The molecule has 2 aromatic rings. The zero-order valence-electron chi connectivity index (χ0n) is 10.6. The summed E-state index contributed by atoms with van der Waals surface area (Å²) in [7, 11) is 1.60. The van der Waals surface area contributed by atoms with E-state index >= 15 is 0 Å². The van der Waals surface area contributed by atoms with Crippen LogP contribution in [0.3, 0.4) is 0 Å². The molecule has 0 amide bonds. The van der Waals surface area contributed by atoms with Gasteiger partial charge in [0.1, 0.15) is 5.75 Å². The molecule has 0 heterocycles. The number of nitriles is 1. The molecule has 3 heteroatoms. The number of carbonyl (C=O) groups excluding carboxylic acids is 1. The molecule has 0 saturated heterocycles. The molecule has 0 aromatic heterocycles. The summed E-state index contributed by atoms with van der Waals surface area (Å²) in [5, 5.41) is 8.82. The standard InChI is InChI=1S/C16H13NO2/c1-19-15-7-5-12(6-8-15)10-16(18)14-4-2-3-13(9-14)11-17/h2-9H,10H2,1H3. The van der Waals surface area contributed by atoms with Gasteiger partial charge in [-0.25, -0.2) is 0 Å². The Hall–Kier alpha value is -2.60. The number of hydrogen-bond donors (Lipinski definition) is 0. The zero-order chi connectivity index (χ0) is 13.7. The Morgan fingerprint density at radius 2 is 1.95 bits per heavy atom. The highest BCUT2D eigenvalue weighted by Crippen LogP contribution is 2.14. The molecule has 19 heavy (non-hydrogen) atoms. The third-order valence-electron chi connectivity index (χ3n) is 2.84. The molecule has 0 aliphatic carbocycles. The maximum atomic E-state index is 12.1. The van der Waals surface area contributed by atoms with E-state index in [4.69, 9.17) is 10.00 Å². The van der Waals surface area contributed by atoms with Crippen molar-refractivity contribution in [3.05, 3.63) is 65.2 Å². The molecule has 0 fully saturated rings. The molecule has 0 spiro atoms. The number of methoxy groups -OCH3 is 1. The molecular formula is C16H13NO2. The fraction of sp³-hybridized carbons (Fsp3) is 0.125. The largest absolute Gasteiger partial charge is 0.497 e. The van der Waals surface area contributed by atoms with Crippen molar-refractivity contribution in [1.82, 2.24) is 0 Å². The topological polar surface area (TPSA) is 50.1 Å². The summed E-state index contributed by atoms with van der Waals surface area (Å²) >= 11 is 0. The van der Waals surface area contributed by atoms with Crippen LogP contribution in [0.25, 0.3) is 0 Å². The molecule has 0 aliphatic rings. The minimum Gasteiger partial charge on any atom is -0.497 e. The highest BCUT2D eigenvalue weighted by atomic mass is 16.5. The van der Waals surface area contributed by atoms with Gasteiger partial charge in [-0.1, -0.05) is 24.3 Å². The van der Waals surface area contributed by atoms with Gasteiger partial charge in [-0.05, 0) is 29.8 Å². The Bertz CT molecular complexity index is 624. The van der Waals surface area contributed by atoms with Crippen molar-refractivity contribution in [3.8, 4) is 11.8 Å². The first kappa shape index (κ1) is 12.8. The molecule has 2 rings (SSSR count). The number of rotatable bonds is 4. The van der Waals surface area contributed by atoms with Gasteiger partial charge in [-0.2, -0.15) is 5.26 Å². The van der Waals surface area contributed by atoms with Crippen LogP contribution in [0.5, 0.6) is 5.75 Å². The number of carbonyl (C=O) groups is 1. The maximum absolute atomic E-state index is 12.1. The molecule has 2 aromatic carbocycles.